The van der Waals surface area contributed by atoms with Gasteiger partial charge >= 0.3 is 0 Å². The minimum atomic E-state index is -0.173. The molecule has 0 fully saturated rings. The first-order valence-electron chi connectivity index (χ1n) is 12.5. The maximum absolute atomic E-state index is 12.7. The van der Waals surface area contributed by atoms with Crippen LogP contribution in [-0.2, 0) is 11.2 Å². The molecule has 7 heteroatoms. The number of amides is 1. The molecule has 0 aliphatic carbocycles. The lowest BCUT2D eigenvalue weighted by Gasteiger charge is -2.20. The summed E-state index contributed by atoms with van der Waals surface area (Å²) in [4.78, 5) is 16.8. The smallest absolute Gasteiger partial charge is 0.244 e. The maximum atomic E-state index is 12.7. The van der Waals surface area contributed by atoms with Crippen LogP contribution in [0, 0.1) is 0 Å². The number of nitrogens with one attached hydrogen (secondary N) is 1. The van der Waals surface area contributed by atoms with Crippen molar-refractivity contribution in [3.05, 3.63) is 95.8 Å². The van der Waals surface area contributed by atoms with E-state index in [1.54, 1.807) is 40.7 Å². The number of carbonyl (C=O) groups is 1. The zero-order valence-corrected chi connectivity index (χ0v) is 22.7. The topological polar surface area (TPSA) is 78.9 Å². The predicted molar refractivity (Wildman–Crippen MR) is 150 cm³/mol. The average Bonchev–Trinajstić information content (AvgIpc) is 2.95. The van der Waals surface area contributed by atoms with Crippen LogP contribution in [0.3, 0.4) is 0 Å². The summed E-state index contributed by atoms with van der Waals surface area (Å²) in [6, 6.07) is 15.2. The summed E-state index contributed by atoms with van der Waals surface area (Å²) in [5, 5.41) is 3.04. The Morgan fingerprint density at radius 2 is 1.42 bits per heavy atom. The Bertz CT molecular complexity index is 1150. The first-order chi connectivity index (χ1) is 18.5. The fourth-order valence-electron chi connectivity index (χ4n) is 4.28. The van der Waals surface area contributed by atoms with Crippen LogP contribution in [0.1, 0.15) is 36.5 Å². The number of pyridine rings is 1. The minimum absolute atomic E-state index is 0.0379. The Hall–Kier alpha value is -4.26. The molecule has 0 aliphatic heterocycles. The van der Waals surface area contributed by atoms with Crippen LogP contribution in [0.4, 0.5) is 0 Å². The number of ether oxygens (including phenoxy) is 4. The van der Waals surface area contributed by atoms with Crippen molar-refractivity contribution in [2.24, 2.45) is 0 Å². The number of benzene rings is 2. The molecule has 0 bridgehead atoms. The number of rotatable bonds is 13. The van der Waals surface area contributed by atoms with Gasteiger partial charge in [-0.1, -0.05) is 30.4 Å². The van der Waals surface area contributed by atoms with Crippen molar-refractivity contribution in [2.45, 2.75) is 32.2 Å². The van der Waals surface area contributed by atoms with Crippen LogP contribution in [0.5, 0.6) is 23.0 Å². The van der Waals surface area contributed by atoms with Gasteiger partial charge in [-0.25, -0.2) is 0 Å². The van der Waals surface area contributed by atoms with Gasteiger partial charge in [-0.15, -0.1) is 0 Å². The van der Waals surface area contributed by atoms with Gasteiger partial charge in [0, 0.05) is 30.1 Å². The van der Waals surface area contributed by atoms with Gasteiger partial charge in [0.15, 0.2) is 0 Å². The van der Waals surface area contributed by atoms with E-state index in [1.807, 2.05) is 61.7 Å². The molecule has 1 heterocycles. The number of allylic oxidation sites excluding steroid dienone is 2. The summed E-state index contributed by atoms with van der Waals surface area (Å²) >= 11 is 0. The third kappa shape index (κ3) is 7.38. The Kier molecular flexibility index (Phi) is 10.8. The van der Waals surface area contributed by atoms with E-state index in [0.29, 0.717) is 34.1 Å². The molecule has 200 valence electrons. The van der Waals surface area contributed by atoms with Crippen LogP contribution in [0.2, 0.25) is 0 Å². The van der Waals surface area contributed by atoms with Crippen molar-refractivity contribution in [3.63, 3.8) is 0 Å². The lowest BCUT2D eigenvalue weighted by atomic mass is 9.94. The SMILES string of the molecule is COc1cccc(OC)c1C(=C/C=C/C(=O)N[C@H](C)CCCc1cccnc1)c1c(OC)cccc1OC. The number of carbonyl (C=O) groups excluding carboxylic acids is 1. The third-order valence-corrected chi connectivity index (χ3v) is 6.12. The molecule has 7 nitrogen and oxygen atoms in total. The molecule has 3 rings (SSSR count). The highest BCUT2D eigenvalue weighted by Gasteiger charge is 2.22. The normalized spacial score (nSPS) is 11.5. The second-order valence-electron chi connectivity index (χ2n) is 8.68. The van der Waals surface area contributed by atoms with E-state index in [4.69, 9.17) is 18.9 Å². The van der Waals surface area contributed by atoms with Crippen molar-refractivity contribution < 1.29 is 23.7 Å². The lowest BCUT2D eigenvalue weighted by molar-refractivity contribution is -0.117. The molecule has 1 atom stereocenters. The number of aromatic nitrogens is 1. The molecule has 3 aromatic rings. The van der Waals surface area contributed by atoms with E-state index in [-0.39, 0.29) is 11.9 Å². The van der Waals surface area contributed by atoms with Crippen LogP contribution in [0.15, 0.2) is 79.2 Å². The second kappa shape index (κ2) is 14.5. The maximum Gasteiger partial charge on any atom is 0.244 e. The van der Waals surface area contributed by atoms with Gasteiger partial charge in [-0.05, 0) is 62.1 Å². The highest BCUT2D eigenvalue weighted by molar-refractivity contribution is 5.93. The average molecular weight is 517 g/mol. The Labute approximate surface area is 225 Å². The summed E-state index contributed by atoms with van der Waals surface area (Å²) in [5.41, 5.74) is 3.35. The predicted octanol–water partition coefficient (Wildman–Crippen LogP) is 5.63. The molecule has 0 radical (unpaired) electrons. The Morgan fingerprint density at radius 1 is 0.868 bits per heavy atom. The van der Waals surface area contributed by atoms with Crippen molar-refractivity contribution in [1.29, 1.82) is 0 Å². The fraction of sp³-hybridized carbons (Fsp3) is 0.290. The standard InChI is InChI=1S/C31H36N2O5/c1-22(11-6-12-23-13-10-20-32-21-23)33-29(34)19-7-14-24(30-25(35-2)15-8-16-26(30)36-3)31-27(37-4)17-9-18-28(31)38-5/h7-10,13-22H,6,11-12H2,1-5H3,(H,33,34)/b19-7+/t22-/m1/s1. The monoisotopic (exact) mass is 516 g/mol. The molecular weight excluding hydrogens is 480 g/mol. The van der Waals surface area contributed by atoms with Gasteiger partial charge < -0.3 is 24.3 Å². The number of methoxy groups -OCH3 is 4. The molecule has 2 aromatic carbocycles. The number of aryl methyl sites for hydroxylation is 1. The van der Waals surface area contributed by atoms with E-state index in [2.05, 4.69) is 16.4 Å². The highest BCUT2D eigenvalue weighted by atomic mass is 16.5. The molecular formula is C31H36N2O5. The highest BCUT2D eigenvalue weighted by Crippen LogP contribution is 2.44. The van der Waals surface area contributed by atoms with Gasteiger partial charge in [0.05, 0.1) is 39.6 Å². The number of nitrogens with zero attached hydrogens (tertiary/aromatic N) is 1. The van der Waals surface area contributed by atoms with E-state index >= 15 is 0 Å². The van der Waals surface area contributed by atoms with Gasteiger partial charge in [0.2, 0.25) is 5.91 Å². The molecule has 0 unspecified atom stereocenters. The second-order valence-corrected chi connectivity index (χ2v) is 8.68. The van der Waals surface area contributed by atoms with Crippen molar-refractivity contribution in [3.8, 4) is 23.0 Å². The van der Waals surface area contributed by atoms with Gasteiger partial charge in [-0.3, -0.25) is 9.78 Å². The van der Waals surface area contributed by atoms with Crippen molar-refractivity contribution >= 4 is 11.5 Å². The Morgan fingerprint density at radius 3 is 1.89 bits per heavy atom. The fourth-order valence-corrected chi connectivity index (χ4v) is 4.28. The number of hydrogen-bond acceptors (Lipinski definition) is 6. The number of hydrogen-bond donors (Lipinski definition) is 1. The Balaban J connectivity index is 1.86. The molecule has 0 spiro atoms. The van der Waals surface area contributed by atoms with Gasteiger partial charge in [-0.2, -0.15) is 0 Å². The zero-order valence-electron chi connectivity index (χ0n) is 22.7. The van der Waals surface area contributed by atoms with Crippen molar-refractivity contribution in [2.75, 3.05) is 28.4 Å². The van der Waals surface area contributed by atoms with Crippen LogP contribution in [0.25, 0.3) is 5.57 Å². The molecule has 0 aliphatic rings. The molecule has 0 saturated heterocycles. The van der Waals surface area contributed by atoms with Gasteiger partial charge in [0.1, 0.15) is 23.0 Å². The van der Waals surface area contributed by atoms with E-state index < -0.39 is 0 Å². The first-order valence-corrected chi connectivity index (χ1v) is 12.5. The largest absolute Gasteiger partial charge is 0.496 e. The van der Waals surface area contributed by atoms with Crippen molar-refractivity contribution in [1.82, 2.24) is 10.3 Å². The van der Waals surface area contributed by atoms with E-state index in [1.165, 1.54) is 11.6 Å². The third-order valence-electron chi connectivity index (χ3n) is 6.12. The summed E-state index contributed by atoms with van der Waals surface area (Å²) < 4.78 is 22.7. The zero-order chi connectivity index (χ0) is 27.3. The minimum Gasteiger partial charge on any atom is -0.496 e. The van der Waals surface area contributed by atoms with Gasteiger partial charge in [0.25, 0.3) is 0 Å². The van der Waals surface area contributed by atoms with Crippen LogP contribution < -0.4 is 24.3 Å². The molecule has 38 heavy (non-hydrogen) atoms. The van der Waals surface area contributed by atoms with Crippen LogP contribution >= 0.6 is 0 Å². The molecule has 0 saturated carbocycles. The quantitative estimate of drug-likeness (QED) is 0.234. The molecule has 1 N–H and O–H groups in total. The first kappa shape index (κ1) is 28.3. The summed E-state index contributed by atoms with van der Waals surface area (Å²) in [7, 11) is 6.42. The summed E-state index contributed by atoms with van der Waals surface area (Å²) in [5.74, 6) is 2.29. The summed E-state index contributed by atoms with van der Waals surface area (Å²) in [6.45, 7) is 2.01. The van der Waals surface area contributed by atoms with E-state index in [0.717, 1.165) is 24.8 Å². The molecule has 1 aromatic heterocycles. The molecule has 1 amide bonds. The van der Waals surface area contributed by atoms with E-state index in [9.17, 15) is 4.79 Å². The summed E-state index contributed by atoms with van der Waals surface area (Å²) in [6.07, 6.45) is 11.5. The van der Waals surface area contributed by atoms with Crippen LogP contribution in [-0.4, -0.2) is 45.4 Å². The lowest BCUT2D eigenvalue weighted by Crippen LogP contribution is -2.31.